The van der Waals surface area contributed by atoms with Crippen LogP contribution in [0.4, 0.5) is 5.82 Å². The first kappa shape index (κ1) is 41.5. The molecule has 0 unspecified atom stereocenters. The number of aliphatic carboxylic acids is 1. The predicted molar refractivity (Wildman–Crippen MR) is 150 cm³/mol. The number of unbranched alkanes of at least 4 members (excludes halogenated alkanes) is 1. The maximum Gasteiger partial charge on any atom is 1.00 e. The van der Waals surface area contributed by atoms with Gasteiger partial charge in [-0.25, -0.2) is 4.98 Å². The molecule has 39 heavy (non-hydrogen) atoms. The SMILES string of the molecule is [CH2-]CCCc1ccc2c(n1)NCCC2.[CH2-]CNC[CH2-].[CH2-]COc1ccccc1.[CH2-]C[C@H](N[C-]=O)C(=O)O.[Li+].[Li+]. The number of carbonyl (C=O) groups excluding carboxylic acids is 1. The molecule has 3 rings (SSSR count). The van der Waals surface area contributed by atoms with E-state index in [-0.39, 0.29) is 44.1 Å². The summed E-state index contributed by atoms with van der Waals surface area (Å²) in [6.45, 7) is 20.9. The third kappa shape index (κ3) is 21.6. The van der Waals surface area contributed by atoms with Crippen molar-refractivity contribution < 1.29 is 57.2 Å². The second-order valence-corrected chi connectivity index (χ2v) is 7.64. The minimum Gasteiger partial charge on any atom is -0.525 e. The number of carboxylic acid groups (broad SMARTS) is 1. The number of benzene rings is 1. The van der Waals surface area contributed by atoms with E-state index in [0.717, 1.165) is 50.5 Å². The van der Waals surface area contributed by atoms with Crippen LogP contribution in [0.3, 0.4) is 0 Å². The summed E-state index contributed by atoms with van der Waals surface area (Å²) in [4.78, 5) is 24.2. The topological polar surface area (TPSA) is 113 Å². The monoisotopic (exact) mass is 524 g/mol. The Morgan fingerprint density at radius 2 is 1.74 bits per heavy atom. The molecule has 2 heterocycles. The molecule has 1 atom stereocenters. The molecule has 1 aliphatic heterocycles. The van der Waals surface area contributed by atoms with Crippen LogP contribution < -0.4 is 58.4 Å². The molecule has 208 valence electrons. The molecule has 4 N–H and O–H groups in total. The van der Waals surface area contributed by atoms with Crippen LogP contribution in [0.25, 0.3) is 0 Å². The number of carboxylic acids is 1. The summed E-state index contributed by atoms with van der Waals surface area (Å²) in [7, 11) is 0. The van der Waals surface area contributed by atoms with Gasteiger partial charge in [0.25, 0.3) is 0 Å². The van der Waals surface area contributed by atoms with Crippen LogP contribution in [0.1, 0.15) is 36.9 Å². The van der Waals surface area contributed by atoms with Crippen molar-refractivity contribution in [1.82, 2.24) is 15.6 Å². The fourth-order valence-corrected chi connectivity index (χ4v) is 2.90. The molecule has 1 aromatic heterocycles. The Morgan fingerprint density at radius 1 is 1.08 bits per heavy atom. The van der Waals surface area contributed by atoms with Crippen molar-refractivity contribution in [2.24, 2.45) is 0 Å². The molecule has 0 saturated carbocycles. The first-order valence-electron chi connectivity index (χ1n) is 12.4. The summed E-state index contributed by atoms with van der Waals surface area (Å²) >= 11 is 0. The number of aromatic nitrogens is 1. The van der Waals surface area contributed by atoms with Crippen LogP contribution in [0.15, 0.2) is 42.5 Å². The largest absolute Gasteiger partial charge is 1.00 e. The summed E-state index contributed by atoms with van der Waals surface area (Å²) in [5, 5.41) is 16.4. The normalized spacial score (nSPS) is 11.2. The summed E-state index contributed by atoms with van der Waals surface area (Å²) in [5.74, 6) is 0.902. The first-order chi connectivity index (χ1) is 18.0. The van der Waals surface area contributed by atoms with Crippen molar-refractivity contribution in [2.45, 2.75) is 44.6 Å². The Labute approximate surface area is 260 Å². The van der Waals surface area contributed by atoms with Gasteiger partial charge in [0.1, 0.15) is 11.6 Å². The van der Waals surface area contributed by atoms with Crippen LogP contribution in [-0.2, 0) is 22.4 Å². The van der Waals surface area contributed by atoms with Crippen LogP contribution in [-0.4, -0.2) is 54.8 Å². The molecule has 2 aromatic rings. The summed E-state index contributed by atoms with van der Waals surface area (Å²) < 4.78 is 5.09. The van der Waals surface area contributed by atoms with E-state index in [1.54, 1.807) is 0 Å². The molecule has 0 bridgehead atoms. The molecule has 0 spiro atoms. The third-order valence-corrected chi connectivity index (χ3v) is 4.82. The second kappa shape index (κ2) is 29.1. The number of hydrogen-bond donors (Lipinski definition) is 4. The Morgan fingerprint density at radius 3 is 2.21 bits per heavy atom. The number of anilines is 1. The van der Waals surface area contributed by atoms with Crippen molar-refractivity contribution in [3.05, 3.63) is 88.3 Å². The maximum absolute atomic E-state index is 10.0. The van der Waals surface area contributed by atoms with E-state index in [1.165, 1.54) is 30.5 Å². The number of ether oxygens (including phenoxy) is 1. The molecule has 0 saturated heterocycles. The number of carbonyl (C=O) groups is 1. The van der Waals surface area contributed by atoms with Crippen LogP contribution in [0.5, 0.6) is 5.75 Å². The number of para-hydroxylation sites is 1. The zero-order valence-electron chi connectivity index (χ0n) is 23.8. The molecule has 0 aliphatic carbocycles. The van der Waals surface area contributed by atoms with Crippen molar-refractivity contribution in [3.8, 4) is 5.75 Å². The molecular formula is C29H42Li2N4O4-4. The van der Waals surface area contributed by atoms with Gasteiger partial charge in [0.05, 0.1) is 6.04 Å². The van der Waals surface area contributed by atoms with Crippen LogP contribution in [0.2, 0.25) is 0 Å². The smallest absolute Gasteiger partial charge is 0.525 e. The number of hydrogen-bond acceptors (Lipinski definition) is 6. The van der Waals surface area contributed by atoms with E-state index in [4.69, 9.17) is 9.84 Å². The quantitative estimate of drug-likeness (QED) is 0.154. The molecule has 8 nitrogen and oxygen atoms in total. The number of fused-ring (bicyclic) bond motifs is 1. The number of amides is 1. The fourth-order valence-electron chi connectivity index (χ4n) is 2.90. The number of nitrogens with one attached hydrogen (secondary N) is 3. The summed E-state index contributed by atoms with van der Waals surface area (Å²) in [6, 6.07) is 13.1. The number of pyridine rings is 1. The molecule has 1 amide bonds. The zero-order valence-corrected chi connectivity index (χ0v) is 23.8. The Hall–Kier alpha value is -1.94. The molecule has 1 aliphatic rings. The van der Waals surface area contributed by atoms with Gasteiger partial charge in [0.15, 0.2) is 0 Å². The van der Waals surface area contributed by atoms with Gasteiger partial charge in [-0.3, -0.25) is 4.79 Å². The third-order valence-electron chi connectivity index (χ3n) is 4.82. The number of nitrogens with zero attached hydrogens (tertiary/aromatic N) is 1. The second-order valence-electron chi connectivity index (χ2n) is 7.64. The predicted octanol–water partition coefficient (Wildman–Crippen LogP) is -1.93. The molecule has 0 fully saturated rings. The number of aryl methyl sites for hydroxylation is 2. The van der Waals surface area contributed by atoms with Crippen LogP contribution in [0, 0.1) is 34.6 Å². The zero-order chi connectivity index (χ0) is 27.7. The standard InChI is InChI=1S/C12H17N2.C8H9O.C5H7NO3.C4H9N.2Li/c1-2-3-6-11-8-7-10-5-4-9-13-12(10)14-11;1-2-9-8-6-4-3-5-7-8;1-2-4(5(8)9)6-3-7;1-3-5-4-2;;/h7-8H,1-6,9H2,(H,13,14);3-7H,1-2H2;4H,1-2H2,(H,6,7)(H,8,9);5H,1-4H2;;/q2*-1;2*-2;2*+1/t;;4-;;;/m..0.../s1. The van der Waals surface area contributed by atoms with Crippen LogP contribution >= 0.6 is 0 Å². The minimum atomic E-state index is -1.09. The Kier molecular flexibility index (Phi) is 31.0. The summed E-state index contributed by atoms with van der Waals surface area (Å²) in [6.07, 6.45) is 6.99. The van der Waals surface area contributed by atoms with E-state index in [0.29, 0.717) is 6.61 Å². The van der Waals surface area contributed by atoms with Gasteiger partial charge >= 0.3 is 43.7 Å². The molecule has 0 radical (unpaired) electrons. The van der Waals surface area contributed by atoms with Crippen molar-refractivity contribution in [3.63, 3.8) is 0 Å². The van der Waals surface area contributed by atoms with E-state index < -0.39 is 12.0 Å². The van der Waals surface area contributed by atoms with Crippen molar-refractivity contribution in [1.29, 1.82) is 0 Å². The average molecular weight is 525 g/mol. The first-order valence-corrected chi connectivity index (χ1v) is 12.4. The van der Waals surface area contributed by atoms with Gasteiger partial charge in [-0.1, -0.05) is 30.7 Å². The minimum absolute atomic E-state index is 0. The van der Waals surface area contributed by atoms with E-state index in [1.807, 2.05) is 35.6 Å². The van der Waals surface area contributed by atoms with Crippen molar-refractivity contribution in [2.75, 3.05) is 31.6 Å². The van der Waals surface area contributed by atoms with E-state index in [9.17, 15) is 9.59 Å². The number of rotatable bonds is 11. The van der Waals surface area contributed by atoms with E-state index in [2.05, 4.69) is 62.4 Å². The average Bonchev–Trinajstić information content (AvgIpc) is 2.92. The molecule has 10 heteroatoms. The van der Waals surface area contributed by atoms with Gasteiger partial charge in [0.2, 0.25) is 0 Å². The van der Waals surface area contributed by atoms with Gasteiger partial charge < -0.3 is 65.2 Å². The Balaban J connectivity index is -0.000000462. The molecular weight excluding hydrogens is 482 g/mol. The summed E-state index contributed by atoms with van der Waals surface area (Å²) in [5.41, 5.74) is 2.57. The maximum atomic E-state index is 10.0. The van der Waals surface area contributed by atoms with Gasteiger partial charge in [-0.15, -0.1) is 13.1 Å². The van der Waals surface area contributed by atoms with Gasteiger partial charge in [-0.2, -0.15) is 19.3 Å². The molecule has 1 aromatic carbocycles. The van der Waals surface area contributed by atoms with Crippen molar-refractivity contribution >= 4 is 18.2 Å². The van der Waals surface area contributed by atoms with E-state index >= 15 is 0 Å². The van der Waals surface area contributed by atoms with Gasteiger partial charge in [-0.05, 0) is 49.6 Å². The Bertz CT molecular complexity index is 843. The van der Waals surface area contributed by atoms with Gasteiger partial charge in [0, 0.05) is 12.2 Å². The fraction of sp³-hybridized carbons (Fsp3) is 0.379.